The van der Waals surface area contributed by atoms with Gasteiger partial charge in [-0.25, -0.2) is 0 Å². The molecule has 14 heavy (non-hydrogen) atoms. The third kappa shape index (κ3) is 1.77. The first-order valence-electron chi connectivity index (χ1n) is 5.26. The number of hydrogen-bond donors (Lipinski definition) is 1. The van der Waals surface area contributed by atoms with E-state index in [9.17, 15) is 4.79 Å². The lowest BCUT2D eigenvalue weighted by molar-refractivity contribution is -0.142. The molecule has 3 atom stereocenters. The van der Waals surface area contributed by atoms with Gasteiger partial charge in [-0.3, -0.25) is 9.69 Å². The van der Waals surface area contributed by atoms with E-state index in [1.165, 1.54) is 17.9 Å². The van der Waals surface area contributed by atoms with Crippen LogP contribution in [0.4, 0.5) is 0 Å². The predicted molar refractivity (Wildman–Crippen MR) is 57.6 cm³/mol. The molecular weight excluding hydrogens is 198 g/mol. The molecule has 1 N–H and O–H groups in total. The van der Waals surface area contributed by atoms with Crippen LogP contribution in [-0.2, 0) is 4.79 Å². The highest BCUT2D eigenvalue weighted by molar-refractivity contribution is 7.99. The van der Waals surface area contributed by atoms with Gasteiger partial charge in [0.05, 0.1) is 5.92 Å². The molecule has 0 aliphatic carbocycles. The average Bonchev–Trinajstić information content (AvgIpc) is 2.71. The summed E-state index contributed by atoms with van der Waals surface area (Å²) in [4.78, 5) is 13.3. The van der Waals surface area contributed by atoms with Gasteiger partial charge in [0.15, 0.2) is 0 Å². The van der Waals surface area contributed by atoms with Gasteiger partial charge in [0, 0.05) is 17.8 Å². The van der Waals surface area contributed by atoms with Crippen LogP contribution in [0.3, 0.4) is 0 Å². The summed E-state index contributed by atoms with van der Waals surface area (Å²) in [5, 5.41) is 9.01. The number of rotatable bonds is 2. The predicted octanol–water partition coefficient (Wildman–Crippen LogP) is 1.29. The lowest BCUT2D eigenvalue weighted by Gasteiger charge is -2.28. The Balaban J connectivity index is 1.98. The molecule has 0 amide bonds. The van der Waals surface area contributed by atoms with Crippen molar-refractivity contribution >= 4 is 17.7 Å². The monoisotopic (exact) mass is 215 g/mol. The molecule has 3 unspecified atom stereocenters. The summed E-state index contributed by atoms with van der Waals surface area (Å²) >= 11 is 1.99. The smallest absolute Gasteiger partial charge is 0.308 e. The molecule has 2 rings (SSSR count). The normalized spacial score (nSPS) is 39.1. The molecule has 0 radical (unpaired) electrons. The largest absolute Gasteiger partial charge is 0.481 e. The van der Waals surface area contributed by atoms with Crippen LogP contribution in [-0.4, -0.2) is 46.1 Å². The van der Waals surface area contributed by atoms with Crippen LogP contribution in [0.5, 0.6) is 0 Å². The lowest BCUT2D eigenvalue weighted by Crippen LogP contribution is -2.40. The molecule has 2 saturated heterocycles. The van der Waals surface area contributed by atoms with Crippen molar-refractivity contribution < 1.29 is 9.90 Å². The molecule has 2 aliphatic rings. The number of carbonyl (C=O) groups is 1. The van der Waals surface area contributed by atoms with Crippen LogP contribution in [0.15, 0.2) is 0 Å². The summed E-state index contributed by atoms with van der Waals surface area (Å²) in [6.07, 6.45) is 2.07. The van der Waals surface area contributed by atoms with Gasteiger partial charge in [-0.2, -0.15) is 11.8 Å². The van der Waals surface area contributed by atoms with E-state index in [-0.39, 0.29) is 12.0 Å². The summed E-state index contributed by atoms with van der Waals surface area (Å²) in [5.41, 5.74) is 0. The van der Waals surface area contributed by atoms with Gasteiger partial charge >= 0.3 is 5.97 Å². The van der Waals surface area contributed by atoms with Crippen molar-refractivity contribution in [3.05, 3.63) is 0 Å². The van der Waals surface area contributed by atoms with Crippen LogP contribution >= 0.6 is 11.8 Å². The number of hydrogen-bond acceptors (Lipinski definition) is 3. The average molecular weight is 215 g/mol. The number of nitrogens with zero attached hydrogens (tertiary/aromatic N) is 1. The van der Waals surface area contributed by atoms with E-state index < -0.39 is 5.97 Å². The molecule has 0 aromatic carbocycles. The molecule has 2 aliphatic heterocycles. The fourth-order valence-electron chi connectivity index (χ4n) is 2.59. The standard InChI is InChI=1S/C10H17NO2S/c1-7-9(10(12)13)2-4-11(7)8-3-5-14-6-8/h7-9H,2-6H2,1H3,(H,12,13). The molecular formula is C10H17NO2S. The first-order valence-corrected chi connectivity index (χ1v) is 6.42. The van der Waals surface area contributed by atoms with E-state index in [4.69, 9.17) is 5.11 Å². The molecule has 0 aromatic heterocycles. The van der Waals surface area contributed by atoms with E-state index in [1.54, 1.807) is 0 Å². The fraction of sp³-hybridized carbons (Fsp3) is 0.900. The first-order chi connectivity index (χ1) is 6.70. The van der Waals surface area contributed by atoms with Crippen LogP contribution in [0.25, 0.3) is 0 Å². The third-order valence-corrected chi connectivity index (χ3v) is 4.64. The number of likely N-dealkylation sites (tertiary alicyclic amines) is 1. The highest BCUT2D eigenvalue weighted by atomic mass is 32.2. The highest BCUT2D eigenvalue weighted by Crippen LogP contribution is 2.31. The maximum atomic E-state index is 10.9. The Labute approximate surface area is 88.9 Å². The van der Waals surface area contributed by atoms with E-state index >= 15 is 0 Å². The molecule has 0 aromatic rings. The van der Waals surface area contributed by atoms with Crippen molar-refractivity contribution in [2.45, 2.75) is 31.8 Å². The first kappa shape index (κ1) is 10.3. The van der Waals surface area contributed by atoms with Crippen LogP contribution in [0, 0.1) is 5.92 Å². The number of thioether (sulfide) groups is 1. The van der Waals surface area contributed by atoms with E-state index in [0.29, 0.717) is 6.04 Å². The Morgan fingerprint density at radius 3 is 2.79 bits per heavy atom. The van der Waals surface area contributed by atoms with Crippen molar-refractivity contribution in [2.75, 3.05) is 18.1 Å². The SMILES string of the molecule is CC1C(C(=O)O)CCN1C1CCSC1. The van der Waals surface area contributed by atoms with Crippen molar-refractivity contribution in [3.63, 3.8) is 0 Å². The van der Waals surface area contributed by atoms with E-state index in [1.807, 2.05) is 11.8 Å². The minimum absolute atomic E-state index is 0.138. The lowest BCUT2D eigenvalue weighted by atomic mass is 10.0. The molecule has 3 nitrogen and oxygen atoms in total. The van der Waals surface area contributed by atoms with Crippen molar-refractivity contribution in [2.24, 2.45) is 5.92 Å². The Kier molecular flexibility index (Phi) is 3.02. The third-order valence-electron chi connectivity index (χ3n) is 3.50. The molecule has 80 valence electrons. The summed E-state index contributed by atoms with van der Waals surface area (Å²) in [5.74, 6) is 1.67. The van der Waals surface area contributed by atoms with Gasteiger partial charge in [-0.05, 0) is 32.1 Å². The van der Waals surface area contributed by atoms with Gasteiger partial charge in [0.2, 0.25) is 0 Å². The van der Waals surface area contributed by atoms with Crippen LogP contribution in [0.1, 0.15) is 19.8 Å². The zero-order chi connectivity index (χ0) is 10.1. The quantitative estimate of drug-likeness (QED) is 0.753. The zero-order valence-corrected chi connectivity index (χ0v) is 9.30. The van der Waals surface area contributed by atoms with Crippen LogP contribution in [0.2, 0.25) is 0 Å². The van der Waals surface area contributed by atoms with Crippen molar-refractivity contribution in [3.8, 4) is 0 Å². The van der Waals surface area contributed by atoms with Crippen LogP contribution < -0.4 is 0 Å². The van der Waals surface area contributed by atoms with Crippen molar-refractivity contribution in [1.82, 2.24) is 4.90 Å². The second-order valence-corrected chi connectivity index (χ2v) is 5.38. The molecule has 2 heterocycles. The molecule has 0 spiro atoms. The van der Waals surface area contributed by atoms with Gasteiger partial charge in [0.1, 0.15) is 0 Å². The second-order valence-electron chi connectivity index (χ2n) is 4.23. The maximum absolute atomic E-state index is 10.9. The summed E-state index contributed by atoms with van der Waals surface area (Å²) in [6.45, 7) is 3.04. The number of aliphatic carboxylic acids is 1. The Morgan fingerprint density at radius 1 is 1.50 bits per heavy atom. The molecule has 0 bridgehead atoms. The van der Waals surface area contributed by atoms with E-state index in [2.05, 4.69) is 11.8 Å². The summed E-state index contributed by atoms with van der Waals surface area (Å²) in [6, 6.07) is 0.871. The van der Waals surface area contributed by atoms with Crippen molar-refractivity contribution in [1.29, 1.82) is 0 Å². The highest BCUT2D eigenvalue weighted by Gasteiger charge is 2.39. The van der Waals surface area contributed by atoms with Gasteiger partial charge in [0.25, 0.3) is 0 Å². The Hall–Kier alpha value is -0.220. The van der Waals surface area contributed by atoms with Gasteiger partial charge < -0.3 is 5.11 Å². The Bertz CT molecular complexity index is 228. The maximum Gasteiger partial charge on any atom is 0.308 e. The summed E-state index contributed by atoms with van der Waals surface area (Å²) in [7, 11) is 0. The second kappa shape index (κ2) is 4.11. The number of carboxylic acid groups (broad SMARTS) is 1. The Morgan fingerprint density at radius 2 is 2.29 bits per heavy atom. The summed E-state index contributed by atoms with van der Waals surface area (Å²) < 4.78 is 0. The van der Waals surface area contributed by atoms with Gasteiger partial charge in [-0.15, -0.1) is 0 Å². The molecule has 2 fully saturated rings. The molecule has 0 saturated carbocycles. The van der Waals surface area contributed by atoms with E-state index in [0.717, 1.165) is 13.0 Å². The fourth-order valence-corrected chi connectivity index (χ4v) is 3.83. The van der Waals surface area contributed by atoms with Gasteiger partial charge in [-0.1, -0.05) is 0 Å². The molecule has 4 heteroatoms. The minimum atomic E-state index is -0.620. The topological polar surface area (TPSA) is 40.5 Å². The minimum Gasteiger partial charge on any atom is -0.481 e. The number of carboxylic acids is 1. The zero-order valence-electron chi connectivity index (χ0n) is 8.48.